The fourth-order valence-corrected chi connectivity index (χ4v) is 12.7. The van der Waals surface area contributed by atoms with E-state index in [0.29, 0.717) is 0 Å². The molecule has 0 fully saturated rings. The van der Waals surface area contributed by atoms with Crippen molar-refractivity contribution in [3.63, 3.8) is 0 Å². The van der Waals surface area contributed by atoms with Crippen LogP contribution in [0, 0.1) is 0 Å². The van der Waals surface area contributed by atoms with Gasteiger partial charge in [-0.2, -0.15) is 0 Å². The summed E-state index contributed by atoms with van der Waals surface area (Å²) in [5, 5.41) is 20.3. The molecule has 0 spiro atoms. The van der Waals surface area contributed by atoms with Gasteiger partial charge in [0.25, 0.3) is 0 Å². The predicted octanol–water partition coefficient (Wildman–Crippen LogP) is 22.6. The molecule has 0 unspecified atom stereocenters. The molecule has 0 aliphatic heterocycles. The standard InChI is InChI=1S/2C40H26/c1-2-12-29(13-3-1)39-35-16-8-9-17-36(35)40(34-21-19-28-11-5-7-15-31(28)25-34)38-26-33(22-23-37(38)39)32-20-18-27-10-4-6-14-30(27)24-32;1-2-13-29(14-3-1)39-35-18-8-9-19-36(35)40(32-22-21-27-11-4-5-15-30(27)25-32)38-26-31(23-24-37(38)39)34-20-10-16-28-12-6-7-17-33(28)34/h2*1-26H. The van der Waals surface area contributed by atoms with E-state index < -0.39 is 0 Å². The highest BCUT2D eigenvalue weighted by atomic mass is 14.2. The Morgan fingerprint density at radius 1 is 0.125 bits per heavy atom. The van der Waals surface area contributed by atoms with Gasteiger partial charge in [0.1, 0.15) is 0 Å². The summed E-state index contributed by atoms with van der Waals surface area (Å²) in [6.07, 6.45) is 0. The fraction of sp³-hybridized carbons (Fsp3) is 0. The zero-order chi connectivity index (χ0) is 52.9. The van der Waals surface area contributed by atoms with Gasteiger partial charge in [-0.1, -0.05) is 285 Å². The molecule has 0 saturated heterocycles. The molecule has 16 aromatic rings. The van der Waals surface area contributed by atoms with Crippen molar-refractivity contribution in [2.75, 3.05) is 0 Å². The van der Waals surface area contributed by atoms with Gasteiger partial charge in [0, 0.05) is 0 Å². The molecule has 0 bridgehead atoms. The Morgan fingerprint density at radius 3 is 0.900 bits per heavy atom. The molecule has 16 aromatic carbocycles. The van der Waals surface area contributed by atoms with Gasteiger partial charge >= 0.3 is 0 Å². The Hall–Kier alpha value is -10.4. The molecule has 0 heteroatoms. The lowest BCUT2D eigenvalue weighted by Crippen LogP contribution is -1.92. The van der Waals surface area contributed by atoms with Crippen molar-refractivity contribution >= 4 is 86.2 Å². The van der Waals surface area contributed by atoms with E-state index in [1.54, 1.807) is 0 Å². The molecule has 0 aliphatic carbocycles. The number of benzene rings is 16. The lowest BCUT2D eigenvalue weighted by molar-refractivity contribution is 1.65. The monoisotopic (exact) mass is 1010 g/mol. The predicted molar refractivity (Wildman–Crippen MR) is 346 cm³/mol. The van der Waals surface area contributed by atoms with Crippen molar-refractivity contribution in [2.24, 2.45) is 0 Å². The number of hydrogen-bond acceptors (Lipinski definition) is 0. The summed E-state index contributed by atoms with van der Waals surface area (Å²) in [6.45, 7) is 0. The third kappa shape index (κ3) is 8.25. The van der Waals surface area contributed by atoms with Crippen LogP contribution in [0.25, 0.3) is 153 Å². The molecule has 0 saturated carbocycles. The fourth-order valence-electron chi connectivity index (χ4n) is 12.7. The molecule has 0 aromatic heterocycles. The van der Waals surface area contributed by atoms with E-state index in [1.165, 1.54) is 153 Å². The van der Waals surface area contributed by atoms with Crippen LogP contribution in [0.1, 0.15) is 0 Å². The highest BCUT2D eigenvalue weighted by Gasteiger charge is 2.20. The largest absolute Gasteiger partial charge is 0.0622 e. The first-order valence-corrected chi connectivity index (χ1v) is 27.7. The van der Waals surface area contributed by atoms with Crippen LogP contribution in [0.3, 0.4) is 0 Å². The molecule has 0 heterocycles. The molecule has 0 nitrogen and oxygen atoms in total. The summed E-state index contributed by atoms with van der Waals surface area (Å²) in [5.41, 5.74) is 15.1. The van der Waals surface area contributed by atoms with Crippen LogP contribution in [-0.4, -0.2) is 0 Å². The molecule has 0 radical (unpaired) electrons. The molecule has 80 heavy (non-hydrogen) atoms. The lowest BCUT2D eigenvalue weighted by atomic mass is 9.84. The summed E-state index contributed by atoms with van der Waals surface area (Å²) >= 11 is 0. The van der Waals surface area contributed by atoms with Crippen molar-refractivity contribution < 1.29 is 0 Å². The minimum Gasteiger partial charge on any atom is -0.0622 e. The second kappa shape index (κ2) is 19.9. The van der Waals surface area contributed by atoms with Gasteiger partial charge in [-0.25, -0.2) is 0 Å². The average molecular weight is 1010 g/mol. The summed E-state index contributed by atoms with van der Waals surface area (Å²) in [5.74, 6) is 0. The van der Waals surface area contributed by atoms with Crippen LogP contribution in [0.5, 0.6) is 0 Å². The Balaban J connectivity index is 0.000000138. The SMILES string of the molecule is c1ccc(-c2c3ccccc3c(-c3ccc4ccccc4c3)c3cc(-c4ccc5ccccc5c4)ccc23)cc1.c1ccc(-c2c3ccccc3c(-c3ccc4ccccc4c3)c3cc(-c4cccc5ccccc45)ccc23)cc1. The summed E-state index contributed by atoms with van der Waals surface area (Å²) in [7, 11) is 0. The first kappa shape index (κ1) is 46.9. The minimum absolute atomic E-state index is 1.23. The second-order valence-electron chi connectivity index (χ2n) is 21.1. The summed E-state index contributed by atoms with van der Waals surface area (Å²) in [6, 6.07) is 115. The first-order valence-electron chi connectivity index (χ1n) is 27.7. The van der Waals surface area contributed by atoms with Crippen LogP contribution in [0.4, 0.5) is 0 Å². The lowest BCUT2D eigenvalue weighted by Gasteiger charge is -2.19. The van der Waals surface area contributed by atoms with Crippen LogP contribution in [-0.2, 0) is 0 Å². The van der Waals surface area contributed by atoms with E-state index in [2.05, 4.69) is 315 Å². The Morgan fingerprint density at radius 2 is 0.425 bits per heavy atom. The van der Waals surface area contributed by atoms with Crippen LogP contribution in [0.15, 0.2) is 315 Å². The zero-order valence-corrected chi connectivity index (χ0v) is 44.0. The van der Waals surface area contributed by atoms with Gasteiger partial charge < -0.3 is 0 Å². The van der Waals surface area contributed by atoms with E-state index in [9.17, 15) is 0 Å². The van der Waals surface area contributed by atoms with E-state index in [1.807, 2.05) is 0 Å². The maximum Gasteiger partial charge on any atom is -0.00259 e. The summed E-state index contributed by atoms with van der Waals surface area (Å²) in [4.78, 5) is 0. The normalized spacial score (nSPS) is 11.5. The third-order valence-corrected chi connectivity index (χ3v) is 16.4. The molecular weight excluding hydrogens is 961 g/mol. The van der Waals surface area contributed by atoms with E-state index in [-0.39, 0.29) is 0 Å². The van der Waals surface area contributed by atoms with Crippen LogP contribution in [0.2, 0.25) is 0 Å². The van der Waals surface area contributed by atoms with Crippen molar-refractivity contribution in [3.05, 3.63) is 315 Å². The molecule has 16 rings (SSSR count). The number of fused-ring (bicyclic) bond motifs is 8. The molecule has 372 valence electrons. The summed E-state index contributed by atoms with van der Waals surface area (Å²) < 4.78 is 0. The van der Waals surface area contributed by atoms with Crippen molar-refractivity contribution in [1.29, 1.82) is 0 Å². The van der Waals surface area contributed by atoms with Gasteiger partial charge in [-0.3, -0.25) is 0 Å². The van der Waals surface area contributed by atoms with Gasteiger partial charge in [0.2, 0.25) is 0 Å². The maximum atomic E-state index is 2.42. The van der Waals surface area contributed by atoms with Gasteiger partial charge in [0.15, 0.2) is 0 Å². The second-order valence-corrected chi connectivity index (χ2v) is 21.1. The van der Waals surface area contributed by atoms with Gasteiger partial charge in [-0.05, 0) is 183 Å². The Bertz CT molecular complexity index is 5040. The van der Waals surface area contributed by atoms with Crippen LogP contribution >= 0.6 is 0 Å². The molecule has 0 atom stereocenters. The van der Waals surface area contributed by atoms with E-state index in [4.69, 9.17) is 0 Å². The molecule has 0 N–H and O–H groups in total. The topological polar surface area (TPSA) is 0 Å². The van der Waals surface area contributed by atoms with Gasteiger partial charge in [0.05, 0.1) is 0 Å². The molecular formula is C80H52. The zero-order valence-electron chi connectivity index (χ0n) is 44.0. The maximum absolute atomic E-state index is 2.42. The highest BCUT2D eigenvalue weighted by Crippen LogP contribution is 2.48. The number of hydrogen-bond donors (Lipinski definition) is 0. The third-order valence-electron chi connectivity index (χ3n) is 16.4. The van der Waals surface area contributed by atoms with Crippen molar-refractivity contribution in [2.45, 2.75) is 0 Å². The van der Waals surface area contributed by atoms with Crippen molar-refractivity contribution in [1.82, 2.24) is 0 Å². The van der Waals surface area contributed by atoms with Crippen molar-refractivity contribution in [3.8, 4) is 66.8 Å². The first-order chi connectivity index (χ1) is 39.7. The highest BCUT2D eigenvalue weighted by molar-refractivity contribution is 6.24. The van der Waals surface area contributed by atoms with E-state index in [0.717, 1.165) is 0 Å². The van der Waals surface area contributed by atoms with E-state index >= 15 is 0 Å². The van der Waals surface area contributed by atoms with Crippen LogP contribution < -0.4 is 0 Å². The van der Waals surface area contributed by atoms with Gasteiger partial charge in [-0.15, -0.1) is 0 Å². The minimum atomic E-state index is 1.23. The Labute approximate surface area is 465 Å². The number of rotatable bonds is 6. The molecule has 0 amide bonds. The smallest absolute Gasteiger partial charge is 0.00259 e. The average Bonchev–Trinajstić information content (AvgIpc) is 3.57. The quantitative estimate of drug-likeness (QED) is 0.146. The molecule has 0 aliphatic rings. The Kier molecular flexibility index (Phi) is 11.6.